The summed E-state index contributed by atoms with van der Waals surface area (Å²) < 4.78 is 5.36. The quantitative estimate of drug-likeness (QED) is 0.573. The molecule has 0 aliphatic rings. The number of amides is 2. The Morgan fingerprint density at radius 1 is 1.19 bits per heavy atom. The highest BCUT2D eigenvalue weighted by atomic mass is 35.5. The molecule has 0 unspecified atom stereocenters. The molecule has 1 rings (SSSR count). The van der Waals surface area contributed by atoms with Crippen molar-refractivity contribution in [2.75, 3.05) is 25.1 Å². The minimum atomic E-state index is -0.704. The maximum absolute atomic E-state index is 11.6. The first kappa shape index (κ1) is 17.5. The number of rotatable bonds is 8. The van der Waals surface area contributed by atoms with Crippen molar-refractivity contribution in [1.29, 1.82) is 0 Å². The Morgan fingerprint density at radius 3 is 2.67 bits per heavy atom. The van der Waals surface area contributed by atoms with E-state index in [9.17, 15) is 9.59 Å². The van der Waals surface area contributed by atoms with Crippen LogP contribution >= 0.6 is 11.6 Å². The van der Waals surface area contributed by atoms with Gasteiger partial charge in [0, 0.05) is 30.5 Å². The lowest BCUT2D eigenvalue weighted by Gasteiger charge is -2.07. The number of carbonyl (C=O) groups excluding carboxylic acids is 2. The van der Waals surface area contributed by atoms with E-state index in [4.69, 9.17) is 16.3 Å². The lowest BCUT2D eigenvalue weighted by molar-refractivity contribution is -0.136. The zero-order valence-electron chi connectivity index (χ0n) is 12.2. The molecule has 0 spiro atoms. The molecule has 0 heterocycles. The maximum Gasteiger partial charge on any atom is 0.313 e. The first-order valence-electron chi connectivity index (χ1n) is 7.06. The average Bonchev–Trinajstić information content (AvgIpc) is 2.46. The second-order valence-corrected chi connectivity index (χ2v) is 4.98. The van der Waals surface area contributed by atoms with Crippen molar-refractivity contribution in [2.45, 2.75) is 26.2 Å². The molecule has 2 N–H and O–H groups in total. The molecular weight excluding hydrogens is 292 g/mol. The number of hydrogen-bond donors (Lipinski definition) is 2. The van der Waals surface area contributed by atoms with Crippen molar-refractivity contribution < 1.29 is 14.3 Å². The molecule has 116 valence electrons. The predicted molar refractivity (Wildman–Crippen MR) is 83.4 cm³/mol. The second kappa shape index (κ2) is 10.2. The van der Waals surface area contributed by atoms with E-state index < -0.39 is 11.8 Å². The summed E-state index contributed by atoms with van der Waals surface area (Å²) in [5.74, 6) is -1.37. The Kier molecular flexibility index (Phi) is 8.47. The van der Waals surface area contributed by atoms with Gasteiger partial charge in [-0.15, -0.1) is 0 Å². The molecule has 21 heavy (non-hydrogen) atoms. The van der Waals surface area contributed by atoms with E-state index in [2.05, 4.69) is 17.6 Å². The van der Waals surface area contributed by atoms with Crippen LogP contribution in [0.5, 0.6) is 0 Å². The topological polar surface area (TPSA) is 67.4 Å². The highest BCUT2D eigenvalue weighted by Gasteiger charge is 2.12. The summed E-state index contributed by atoms with van der Waals surface area (Å²) in [6, 6.07) is 6.63. The number of ether oxygens (including phenoxy) is 1. The van der Waals surface area contributed by atoms with Gasteiger partial charge in [-0.25, -0.2) is 0 Å². The molecule has 5 nitrogen and oxygen atoms in total. The van der Waals surface area contributed by atoms with Gasteiger partial charge >= 0.3 is 11.8 Å². The smallest absolute Gasteiger partial charge is 0.313 e. The third-order valence-corrected chi connectivity index (χ3v) is 2.92. The number of carbonyl (C=O) groups is 2. The lowest BCUT2D eigenvalue weighted by atomic mass is 10.3. The van der Waals surface area contributed by atoms with E-state index in [1.54, 1.807) is 24.3 Å². The monoisotopic (exact) mass is 312 g/mol. The van der Waals surface area contributed by atoms with Crippen LogP contribution in [0.4, 0.5) is 5.69 Å². The first-order chi connectivity index (χ1) is 10.1. The van der Waals surface area contributed by atoms with Crippen LogP contribution in [0.15, 0.2) is 24.3 Å². The van der Waals surface area contributed by atoms with Crippen molar-refractivity contribution in [3.63, 3.8) is 0 Å². The maximum atomic E-state index is 11.6. The standard InChI is InChI=1S/C15H21ClN2O3/c1-2-3-9-21-10-5-8-17-14(19)15(20)18-13-7-4-6-12(16)11-13/h4,6-7,11H,2-3,5,8-10H2,1H3,(H,17,19)(H,18,20). The third kappa shape index (κ3) is 7.68. The molecule has 0 saturated heterocycles. The van der Waals surface area contributed by atoms with Crippen molar-refractivity contribution in [2.24, 2.45) is 0 Å². The summed E-state index contributed by atoms with van der Waals surface area (Å²) in [5, 5.41) is 5.53. The van der Waals surface area contributed by atoms with Gasteiger partial charge in [-0.1, -0.05) is 31.0 Å². The normalized spacial score (nSPS) is 10.2. The fourth-order valence-corrected chi connectivity index (χ4v) is 1.75. The molecule has 0 aliphatic heterocycles. The fourth-order valence-electron chi connectivity index (χ4n) is 1.56. The zero-order valence-corrected chi connectivity index (χ0v) is 12.9. The minimum Gasteiger partial charge on any atom is -0.381 e. The third-order valence-electron chi connectivity index (χ3n) is 2.68. The summed E-state index contributed by atoms with van der Waals surface area (Å²) in [6.07, 6.45) is 2.81. The van der Waals surface area contributed by atoms with Crippen molar-refractivity contribution in [3.8, 4) is 0 Å². The summed E-state index contributed by atoms with van der Waals surface area (Å²) in [7, 11) is 0. The summed E-state index contributed by atoms with van der Waals surface area (Å²) in [6.45, 7) is 3.83. The Labute approximate surface area is 130 Å². The van der Waals surface area contributed by atoms with Gasteiger partial charge < -0.3 is 15.4 Å². The number of unbranched alkanes of at least 4 members (excludes halogenated alkanes) is 1. The molecule has 0 saturated carbocycles. The van der Waals surface area contributed by atoms with Gasteiger partial charge in [-0.05, 0) is 31.0 Å². The van der Waals surface area contributed by atoms with Crippen LogP contribution in [0.2, 0.25) is 5.02 Å². The van der Waals surface area contributed by atoms with Crippen molar-refractivity contribution in [3.05, 3.63) is 29.3 Å². The fraction of sp³-hybridized carbons (Fsp3) is 0.467. The summed E-state index contributed by atoms with van der Waals surface area (Å²) >= 11 is 5.80. The Bertz CT molecular complexity index is 466. The van der Waals surface area contributed by atoms with Crippen LogP contribution in [-0.4, -0.2) is 31.6 Å². The SMILES string of the molecule is CCCCOCCCNC(=O)C(=O)Nc1cccc(Cl)c1. The largest absolute Gasteiger partial charge is 0.381 e. The van der Waals surface area contributed by atoms with E-state index >= 15 is 0 Å². The summed E-state index contributed by atoms with van der Waals surface area (Å²) in [4.78, 5) is 23.2. The van der Waals surface area contributed by atoms with Crippen LogP contribution in [0.25, 0.3) is 0 Å². The van der Waals surface area contributed by atoms with Gasteiger partial charge in [0.25, 0.3) is 0 Å². The average molecular weight is 313 g/mol. The van der Waals surface area contributed by atoms with Crippen LogP contribution in [0, 0.1) is 0 Å². The van der Waals surface area contributed by atoms with E-state index in [1.165, 1.54) is 0 Å². The van der Waals surface area contributed by atoms with Crippen LogP contribution in [0.1, 0.15) is 26.2 Å². The molecule has 0 bridgehead atoms. The van der Waals surface area contributed by atoms with E-state index in [-0.39, 0.29) is 0 Å². The number of hydrogen-bond acceptors (Lipinski definition) is 3. The van der Waals surface area contributed by atoms with Gasteiger partial charge in [0.2, 0.25) is 0 Å². The van der Waals surface area contributed by atoms with E-state index in [1.807, 2.05) is 0 Å². The first-order valence-corrected chi connectivity index (χ1v) is 7.43. The number of nitrogens with one attached hydrogen (secondary N) is 2. The zero-order chi connectivity index (χ0) is 15.5. The Balaban J connectivity index is 2.18. The highest BCUT2D eigenvalue weighted by Crippen LogP contribution is 2.14. The molecule has 0 aliphatic carbocycles. The van der Waals surface area contributed by atoms with Gasteiger partial charge in [0.15, 0.2) is 0 Å². The predicted octanol–water partition coefficient (Wildman–Crippen LogP) is 2.60. The molecular formula is C15H21ClN2O3. The van der Waals surface area contributed by atoms with E-state index in [0.29, 0.717) is 30.3 Å². The van der Waals surface area contributed by atoms with Crippen LogP contribution < -0.4 is 10.6 Å². The minimum absolute atomic E-state index is 0.411. The molecule has 1 aromatic rings. The number of benzene rings is 1. The summed E-state index contributed by atoms with van der Waals surface area (Å²) in [5.41, 5.74) is 0.491. The van der Waals surface area contributed by atoms with Crippen LogP contribution in [-0.2, 0) is 14.3 Å². The number of halogens is 1. The van der Waals surface area contributed by atoms with Gasteiger partial charge in [0.1, 0.15) is 0 Å². The highest BCUT2D eigenvalue weighted by molar-refractivity contribution is 6.39. The molecule has 2 amide bonds. The van der Waals surface area contributed by atoms with Gasteiger partial charge in [-0.2, -0.15) is 0 Å². The molecule has 0 aromatic heterocycles. The van der Waals surface area contributed by atoms with Gasteiger partial charge in [0.05, 0.1) is 0 Å². The van der Waals surface area contributed by atoms with Gasteiger partial charge in [-0.3, -0.25) is 9.59 Å². The number of anilines is 1. The Morgan fingerprint density at radius 2 is 1.95 bits per heavy atom. The lowest BCUT2D eigenvalue weighted by Crippen LogP contribution is -2.36. The molecule has 0 radical (unpaired) electrons. The molecule has 1 aromatic carbocycles. The molecule has 0 atom stereocenters. The van der Waals surface area contributed by atoms with Crippen molar-refractivity contribution in [1.82, 2.24) is 5.32 Å². The van der Waals surface area contributed by atoms with Crippen molar-refractivity contribution >= 4 is 29.1 Å². The molecule has 6 heteroatoms. The van der Waals surface area contributed by atoms with Crippen LogP contribution in [0.3, 0.4) is 0 Å². The molecule has 0 fully saturated rings. The van der Waals surface area contributed by atoms with E-state index in [0.717, 1.165) is 19.4 Å². The Hall–Kier alpha value is -1.59. The second-order valence-electron chi connectivity index (χ2n) is 4.54.